The molecule has 2 nitrogen and oxygen atoms in total. The Bertz CT molecular complexity index is 353. The van der Waals surface area contributed by atoms with E-state index in [0.29, 0.717) is 11.8 Å². The molecular formula is C12H16BrNOS. The van der Waals surface area contributed by atoms with E-state index in [4.69, 9.17) is 10.5 Å². The normalized spacial score (nSPS) is 17.6. The van der Waals surface area contributed by atoms with Gasteiger partial charge < -0.3 is 10.5 Å². The van der Waals surface area contributed by atoms with E-state index in [0.717, 1.165) is 36.1 Å². The van der Waals surface area contributed by atoms with Gasteiger partial charge >= 0.3 is 0 Å². The maximum Gasteiger partial charge on any atom is 0.0476 e. The van der Waals surface area contributed by atoms with Crippen LogP contribution in [-0.2, 0) is 11.3 Å². The van der Waals surface area contributed by atoms with Gasteiger partial charge in [-0.15, -0.1) is 11.8 Å². The van der Waals surface area contributed by atoms with Gasteiger partial charge in [-0.3, -0.25) is 0 Å². The van der Waals surface area contributed by atoms with Gasteiger partial charge in [0.25, 0.3) is 0 Å². The van der Waals surface area contributed by atoms with Crippen molar-refractivity contribution in [1.29, 1.82) is 0 Å². The van der Waals surface area contributed by atoms with Crippen LogP contribution in [0.15, 0.2) is 27.6 Å². The molecule has 0 aliphatic carbocycles. The van der Waals surface area contributed by atoms with E-state index in [1.165, 1.54) is 4.90 Å². The maximum absolute atomic E-state index is 5.63. The quantitative estimate of drug-likeness (QED) is 0.931. The summed E-state index contributed by atoms with van der Waals surface area (Å²) in [5, 5.41) is 0.698. The Labute approximate surface area is 109 Å². The van der Waals surface area contributed by atoms with Crippen LogP contribution in [0.4, 0.5) is 0 Å². The van der Waals surface area contributed by atoms with Gasteiger partial charge in [0, 0.05) is 34.4 Å². The molecule has 0 amide bonds. The minimum Gasteiger partial charge on any atom is -0.381 e. The summed E-state index contributed by atoms with van der Waals surface area (Å²) in [5.41, 5.74) is 6.79. The molecule has 0 bridgehead atoms. The van der Waals surface area contributed by atoms with Crippen LogP contribution in [0.1, 0.15) is 18.4 Å². The number of benzene rings is 1. The fraction of sp³-hybridized carbons (Fsp3) is 0.500. The lowest BCUT2D eigenvalue weighted by Crippen LogP contribution is -2.17. The fourth-order valence-corrected chi connectivity index (χ4v) is 3.59. The molecule has 0 spiro atoms. The van der Waals surface area contributed by atoms with Crippen molar-refractivity contribution in [2.24, 2.45) is 5.73 Å². The number of nitrogens with two attached hydrogens (primary N) is 1. The first kappa shape index (κ1) is 12.4. The van der Waals surface area contributed by atoms with Crippen molar-refractivity contribution in [3.63, 3.8) is 0 Å². The summed E-state index contributed by atoms with van der Waals surface area (Å²) in [6.45, 7) is 2.39. The van der Waals surface area contributed by atoms with Gasteiger partial charge in [0.15, 0.2) is 0 Å². The average Bonchev–Trinajstić information content (AvgIpc) is 2.31. The van der Waals surface area contributed by atoms with E-state index in [9.17, 15) is 0 Å². The summed E-state index contributed by atoms with van der Waals surface area (Å²) in [4.78, 5) is 1.32. The third-order valence-electron chi connectivity index (χ3n) is 2.72. The Balaban J connectivity index is 2.01. The monoisotopic (exact) mass is 301 g/mol. The standard InChI is InChI=1S/C12H16BrNOS/c13-12-7-11(2-1-9(12)8-14)16-10-3-5-15-6-4-10/h1-2,7,10H,3-6,8,14H2. The lowest BCUT2D eigenvalue weighted by Gasteiger charge is -2.21. The molecule has 2 rings (SSSR count). The number of halogens is 1. The van der Waals surface area contributed by atoms with Crippen molar-refractivity contribution < 1.29 is 4.74 Å². The van der Waals surface area contributed by atoms with Crippen LogP contribution in [0.5, 0.6) is 0 Å². The molecule has 0 atom stereocenters. The predicted octanol–water partition coefficient (Wildman–Crippen LogP) is 3.18. The van der Waals surface area contributed by atoms with Crippen molar-refractivity contribution in [2.75, 3.05) is 13.2 Å². The van der Waals surface area contributed by atoms with Gasteiger partial charge in [0.1, 0.15) is 0 Å². The molecule has 0 saturated carbocycles. The minimum atomic E-state index is 0.586. The van der Waals surface area contributed by atoms with Crippen LogP contribution in [0.2, 0.25) is 0 Å². The molecule has 0 aromatic heterocycles. The number of hydrogen-bond acceptors (Lipinski definition) is 3. The predicted molar refractivity (Wildman–Crippen MR) is 71.7 cm³/mol. The van der Waals surface area contributed by atoms with Gasteiger partial charge in [0.2, 0.25) is 0 Å². The summed E-state index contributed by atoms with van der Waals surface area (Å²) < 4.78 is 6.48. The van der Waals surface area contributed by atoms with E-state index in [2.05, 4.69) is 34.1 Å². The molecule has 1 aliphatic heterocycles. The SMILES string of the molecule is NCc1ccc(SC2CCOCC2)cc1Br. The zero-order valence-electron chi connectivity index (χ0n) is 9.12. The zero-order valence-corrected chi connectivity index (χ0v) is 11.5. The van der Waals surface area contributed by atoms with Crippen LogP contribution in [0.25, 0.3) is 0 Å². The molecule has 1 aliphatic rings. The zero-order chi connectivity index (χ0) is 11.4. The highest BCUT2D eigenvalue weighted by molar-refractivity contribution is 9.10. The van der Waals surface area contributed by atoms with Crippen LogP contribution in [-0.4, -0.2) is 18.5 Å². The second-order valence-corrected chi connectivity index (χ2v) is 6.12. The average molecular weight is 302 g/mol. The molecule has 88 valence electrons. The topological polar surface area (TPSA) is 35.2 Å². The molecule has 4 heteroatoms. The van der Waals surface area contributed by atoms with E-state index in [-0.39, 0.29) is 0 Å². The highest BCUT2D eigenvalue weighted by atomic mass is 79.9. The smallest absolute Gasteiger partial charge is 0.0476 e. The van der Waals surface area contributed by atoms with Gasteiger partial charge in [-0.05, 0) is 30.5 Å². The third kappa shape index (κ3) is 3.23. The van der Waals surface area contributed by atoms with Gasteiger partial charge in [-0.25, -0.2) is 0 Å². The molecule has 1 aromatic carbocycles. The molecule has 16 heavy (non-hydrogen) atoms. The Hall–Kier alpha value is -0.0300. The van der Waals surface area contributed by atoms with E-state index in [1.807, 2.05) is 11.8 Å². The van der Waals surface area contributed by atoms with Crippen molar-refractivity contribution >= 4 is 27.7 Å². The molecule has 1 saturated heterocycles. The summed E-state index contributed by atoms with van der Waals surface area (Å²) in [6.07, 6.45) is 2.31. The van der Waals surface area contributed by atoms with E-state index < -0.39 is 0 Å². The Kier molecular flexibility index (Phi) is 4.70. The number of hydrogen-bond donors (Lipinski definition) is 1. The summed E-state index contributed by atoms with van der Waals surface area (Å²) >= 11 is 5.50. The molecule has 0 unspecified atom stereocenters. The molecule has 1 heterocycles. The van der Waals surface area contributed by atoms with Gasteiger partial charge in [-0.1, -0.05) is 22.0 Å². The van der Waals surface area contributed by atoms with Crippen molar-refractivity contribution in [2.45, 2.75) is 29.5 Å². The number of thioether (sulfide) groups is 1. The lowest BCUT2D eigenvalue weighted by atomic mass is 10.2. The molecule has 0 radical (unpaired) electrons. The molecular weight excluding hydrogens is 286 g/mol. The van der Waals surface area contributed by atoms with Crippen molar-refractivity contribution in [1.82, 2.24) is 0 Å². The minimum absolute atomic E-state index is 0.586. The van der Waals surface area contributed by atoms with Crippen LogP contribution in [0.3, 0.4) is 0 Å². The second kappa shape index (κ2) is 6.05. The Morgan fingerprint density at radius 1 is 1.38 bits per heavy atom. The molecule has 2 N–H and O–H groups in total. The first-order valence-electron chi connectivity index (χ1n) is 5.52. The van der Waals surface area contributed by atoms with Crippen LogP contribution in [0, 0.1) is 0 Å². The second-order valence-electron chi connectivity index (χ2n) is 3.89. The summed E-state index contributed by atoms with van der Waals surface area (Å²) in [6, 6.07) is 6.43. The van der Waals surface area contributed by atoms with Gasteiger partial charge in [-0.2, -0.15) is 0 Å². The van der Waals surface area contributed by atoms with Crippen molar-refractivity contribution in [3.8, 4) is 0 Å². The fourth-order valence-electron chi connectivity index (χ4n) is 1.75. The van der Waals surface area contributed by atoms with Crippen LogP contribution < -0.4 is 5.73 Å². The highest BCUT2D eigenvalue weighted by Gasteiger charge is 2.15. The molecule has 1 aromatic rings. The van der Waals surface area contributed by atoms with E-state index >= 15 is 0 Å². The lowest BCUT2D eigenvalue weighted by molar-refractivity contribution is 0.100. The number of ether oxygens (including phenoxy) is 1. The van der Waals surface area contributed by atoms with Crippen molar-refractivity contribution in [3.05, 3.63) is 28.2 Å². The first-order chi connectivity index (χ1) is 7.79. The maximum atomic E-state index is 5.63. The highest BCUT2D eigenvalue weighted by Crippen LogP contribution is 2.32. The summed E-state index contributed by atoms with van der Waals surface area (Å²) in [7, 11) is 0. The largest absolute Gasteiger partial charge is 0.381 e. The van der Waals surface area contributed by atoms with Crippen LogP contribution >= 0.6 is 27.7 Å². The molecule has 1 fully saturated rings. The Morgan fingerprint density at radius 3 is 2.75 bits per heavy atom. The summed E-state index contributed by atoms with van der Waals surface area (Å²) in [5.74, 6) is 0. The number of rotatable bonds is 3. The first-order valence-corrected chi connectivity index (χ1v) is 7.20. The van der Waals surface area contributed by atoms with E-state index in [1.54, 1.807) is 0 Å². The van der Waals surface area contributed by atoms with Gasteiger partial charge in [0.05, 0.1) is 0 Å². The Morgan fingerprint density at radius 2 is 2.12 bits per heavy atom. The third-order valence-corrected chi connectivity index (χ3v) is 4.78.